The number of hydrogen-bond donors (Lipinski definition) is 2. The highest BCUT2D eigenvalue weighted by molar-refractivity contribution is 5.82. The van der Waals surface area contributed by atoms with Gasteiger partial charge < -0.3 is 5.73 Å². The van der Waals surface area contributed by atoms with Gasteiger partial charge in [0.15, 0.2) is 17.2 Å². The van der Waals surface area contributed by atoms with Crippen molar-refractivity contribution in [2.45, 2.75) is 0 Å². The highest BCUT2D eigenvalue weighted by Gasteiger charge is 2.09. The maximum absolute atomic E-state index is 5.75. The van der Waals surface area contributed by atoms with Gasteiger partial charge in [0.2, 0.25) is 5.65 Å². The molecule has 16 heavy (non-hydrogen) atoms. The first-order valence-corrected chi connectivity index (χ1v) is 4.59. The number of anilines is 1. The predicted molar refractivity (Wildman–Crippen MR) is 57.1 cm³/mol. The lowest BCUT2D eigenvalue weighted by atomic mass is 10.2. The molecule has 0 saturated heterocycles. The number of aromatic amines is 1. The number of nitrogens with one attached hydrogen (secondary N) is 1. The molecular formula is C9H7N7. The number of nitrogen functional groups attached to an aromatic ring is 1. The first-order chi connectivity index (χ1) is 7.84. The van der Waals surface area contributed by atoms with Crippen LogP contribution in [0.15, 0.2) is 24.5 Å². The third-order valence-corrected chi connectivity index (χ3v) is 2.15. The first kappa shape index (κ1) is 8.72. The molecule has 78 valence electrons. The van der Waals surface area contributed by atoms with Gasteiger partial charge in [0.1, 0.15) is 0 Å². The Bertz CT molecular complexity index is 631. The molecule has 0 unspecified atom stereocenters. The minimum Gasteiger partial charge on any atom is -0.382 e. The molecule has 0 aromatic carbocycles. The summed E-state index contributed by atoms with van der Waals surface area (Å²) in [4.78, 5) is 12.3. The van der Waals surface area contributed by atoms with Crippen LogP contribution < -0.4 is 5.73 Å². The van der Waals surface area contributed by atoms with E-state index in [4.69, 9.17) is 5.73 Å². The van der Waals surface area contributed by atoms with Crippen LogP contribution in [0.4, 0.5) is 5.82 Å². The second-order valence-corrected chi connectivity index (χ2v) is 3.16. The number of H-pyrrole nitrogens is 1. The van der Waals surface area contributed by atoms with Gasteiger partial charge >= 0.3 is 0 Å². The summed E-state index contributed by atoms with van der Waals surface area (Å²) in [6.45, 7) is 0. The molecule has 0 saturated carbocycles. The zero-order chi connectivity index (χ0) is 11.0. The van der Waals surface area contributed by atoms with E-state index < -0.39 is 0 Å². The smallest absolute Gasteiger partial charge is 0.207 e. The summed E-state index contributed by atoms with van der Waals surface area (Å²) in [5, 5.41) is 10.2. The predicted octanol–water partition coefficient (Wildman–Crippen LogP) is 0.392. The van der Waals surface area contributed by atoms with E-state index in [0.29, 0.717) is 22.8 Å². The van der Waals surface area contributed by atoms with E-state index in [1.165, 1.54) is 0 Å². The van der Waals surface area contributed by atoms with Crippen molar-refractivity contribution in [1.82, 2.24) is 30.4 Å². The summed E-state index contributed by atoms with van der Waals surface area (Å²) in [5.74, 6) is 0.826. The van der Waals surface area contributed by atoms with Crippen LogP contribution >= 0.6 is 0 Å². The number of aromatic nitrogens is 6. The fraction of sp³-hybridized carbons (Fsp3) is 0. The molecule has 7 heteroatoms. The number of fused-ring (bicyclic) bond motifs is 1. The minimum atomic E-state index is 0.311. The van der Waals surface area contributed by atoms with Crippen molar-refractivity contribution in [1.29, 1.82) is 0 Å². The lowest BCUT2D eigenvalue weighted by molar-refractivity contribution is 0.955. The molecule has 0 spiro atoms. The highest BCUT2D eigenvalue weighted by Crippen LogP contribution is 2.19. The highest BCUT2D eigenvalue weighted by atomic mass is 15.3. The van der Waals surface area contributed by atoms with Gasteiger partial charge in [0, 0.05) is 18.0 Å². The fourth-order valence-corrected chi connectivity index (χ4v) is 1.40. The third-order valence-electron chi connectivity index (χ3n) is 2.15. The molecule has 0 aliphatic rings. The van der Waals surface area contributed by atoms with E-state index in [-0.39, 0.29) is 0 Å². The Kier molecular flexibility index (Phi) is 1.76. The summed E-state index contributed by atoms with van der Waals surface area (Å²) >= 11 is 0. The molecule has 3 aromatic heterocycles. The SMILES string of the molecule is Nc1nc(-c2ccncc2)nc2n[nH]nc12. The Morgan fingerprint density at radius 1 is 1.06 bits per heavy atom. The van der Waals surface area contributed by atoms with Crippen LogP contribution in [-0.4, -0.2) is 30.4 Å². The standard InChI is InChI=1S/C9H7N7/c10-7-6-9(15-16-14-6)13-8(12-7)5-1-3-11-4-2-5/h1-4H,(H3,10,12,13,14,15,16). The van der Waals surface area contributed by atoms with Gasteiger partial charge in [-0.25, -0.2) is 9.97 Å². The van der Waals surface area contributed by atoms with E-state index >= 15 is 0 Å². The van der Waals surface area contributed by atoms with Crippen LogP contribution in [0.3, 0.4) is 0 Å². The van der Waals surface area contributed by atoms with Crippen molar-refractivity contribution < 1.29 is 0 Å². The molecular weight excluding hydrogens is 206 g/mol. The van der Waals surface area contributed by atoms with Crippen molar-refractivity contribution in [3.63, 3.8) is 0 Å². The number of pyridine rings is 1. The molecule has 3 rings (SSSR count). The maximum atomic E-state index is 5.75. The molecule has 0 amide bonds. The zero-order valence-corrected chi connectivity index (χ0v) is 8.12. The van der Waals surface area contributed by atoms with Gasteiger partial charge in [-0.15, -0.1) is 5.10 Å². The van der Waals surface area contributed by atoms with Crippen LogP contribution in [0.2, 0.25) is 0 Å². The van der Waals surface area contributed by atoms with Gasteiger partial charge in [0.05, 0.1) is 0 Å². The Hall–Kier alpha value is -2.57. The van der Waals surface area contributed by atoms with Crippen LogP contribution in [-0.2, 0) is 0 Å². The number of nitrogens with two attached hydrogens (primary N) is 1. The van der Waals surface area contributed by atoms with Gasteiger partial charge in [-0.05, 0) is 12.1 Å². The topological polar surface area (TPSA) is 106 Å². The molecule has 0 bridgehead atoms. The second-order valence-electron chi connectivity index (χ2n) is 3.16. The minimum absolute atomic E-state index is 0.311. The lowest BCUT2D eigenvalue weighted by Crippen LogP contribution is -1.97. The fourth-order valence-electron chi connectivity index (χ4n) is 1.40. The van der Waals surface area contributed by atoms with Crippen LogP contribution in [0.25, 0.3) is 22.6 Å². The van der Waals surface area contributed by atoms with Crippen LogP contribution in [0, 0.1) is 0 Å². The molecule has 3 heterocycles. The Morgan fingerprint density at radius 2 is 1.88 bits per heavy atom. The van der Waals surface area contributed by atoms with Crippen molar-refractivity contribution in [3.8, 4) is 11.4 Å². The average molecular weight is 213 g/mol. The summed E-state index contributed by atoms with van der Waals surface area (Å²) in [6, 6.07) is 3.61. The van der Waals surface area contributed by atoms with E-state index in [0.717, 1.165) is 5.56 Å². The van der Waals surface area contributed by atoms with Crippen molar-refractivity contribution in [2.75, 3.05) is 5.73 Å². The largest absolute Gasteiger partial charge is 0.382 e. The third kappa shape index (κ3) is 1.26. The van der Waals surface area contributed by atoms with Gasteiger partial charge in [-0.1, -0.05) is 0 Å². The number of rotatable bonds is 1. The van der Waals surface area contributed by atoms with E-state index in [2.05, 4.69) is 30.4 Å². The molecule has 3 aromatic rings. The Balaban J connectivity index is 2.25. The van der Waals surface area contributed by atoms with E-state index in [1.54, 1.807) is 24.5 Å². The van der Waals surface area contributed by atoms with Crippen molar-refractivity contribution in [3.05, 3.63) is 24.5 Å². The van der Waals surface area contributed by atoms with Crippen molar-refractivity contribution in [2.24, 2.45) is 0 Å². The monoisotopic (exact) mass is 213 g/mol. The van der Waals surface area contributed by atoms with Crippen LogP contribution in [0.5, 0.6) is 0 Å². The summed E-state index contributed by atoms with van der Waals surface area (Å²) < 4.78 is 0. The van der Waals surface area contributed by atoms with Gasteiger partial charge in [-0.2, -0.15) is 10.3 Å². The number of hydrogen-bond acceptors (Lipinski definition) is 6. The molecule has 0 radical (unpaired) electrons. The summed E-state index contributed by atoms with van der Waals surface area (Å²) in [7, 11) is 0. The average Bonchev–Trinajstić information content (AvgIpc) is 2.79. The summed E-state index contributed by atoms with van der Waals surface area (Å²) in [5.41, 5.74) is 7.53. The quantitative estimate of drug-likeness (QED) is 0.605. The Labute approximate surface area is 89.8 Å². The Morgan fingerprint density at radius 3 is 2.69 bits per heavy atom. The van der Waals surface area contributed by atoms with E-state index in [9.17, 15) is 0 Å². The molecule has 0 atom stereocenters. The van der Waals surface area contributed by atoms with Gasteiger partial charge in [-0.3, -0.25) is 4.98 Å². The molecule has 3 N–H and O–H groups in total. The second kappa shape index (κ2) is 3.23. The normalized spacial score (nSPS) is 10.8. The molecule has 7 nitrogen and oxygen atoms in total. The van der Waals surface area contributed by atoms with Crippen molar-refractivity contribution >= 4 is 17.0 Å². The van der Waals surface area contributed by atoms with Crippen LogP contribution in [0.1, 0.15) is 0 Å². The zero-order valence-electron chi connectivity index (χ0n) is 8.12. The first-order valence-electron chi connectivity index (χ1n) is 4.59. The molecule has 0 fully saturated rings. The lowest BCUT2D eigenvalue weighted by Gasteiger charge is -1.99. The molecule has 0 aliphatic heterocycles. The molecule has 0 aliphatic carbocycles. The number of nitrogens with zero attached hydrogens (tertiary/aromatic N) is 5. The maximum Gasteiger partial charge on any atom is 0.207 e. The van der Waals surface area contributed by atoms with E-state index in [1.807, 2.05) is 0 Å². The van der Waals surface area contributed by atoms with Gasteiger partial charge in [0.25, 0.3) is 0 Å². The summed E-state index contributed by atoms with van der Waals surface area (Å²) in [6.07, 6.45) is 3.34.